The Morgan fingerprint density at radius 1 is 1.09 bits per heavy atom. The summed E-state index contributed by atoms with van der Waals surface area (Å²) in [5, 5.41) is 5.96. The van der Waals surface area contributed by atoms with Gasteiger partial charge in [-0.2, -0.15) is 0 Å². The number of benzene rings is 2. The number of carbonyl (C=O) groups is 1. The molecule has 1 amide bonds. The highest BCUT2D eigenvalue weighted by Crippen LogP contribution is 2.15. The van der Waals surface area contributed by atoms with E-state index in [4.69, 9.17) is 4.74 Å². The van der Waals surface area contributed by atoms with Crippen molar-refractivity contribution >= 4 is 5.91 Å². The second kappa shape index (κ2) is 8.90. The van der Waals surface area contributed by atoms with Crippen LogP contribution in [0.15, 0.2) is 48.5 Å². The largest absolute Gasteiger partial charge is 0.489 e. The first-order valence-electron chi connectivity index (χ1n) is 7.55. The van der Waals surface area contributed by atoms with Crippen LogP contribution in [-0.4, -0.2) is 19.0 Å². The lowest BCUT2D eigenvalue weighted by Crippen LogP contribution is -2.29. The number of hydrogen-bond donors (Lipinski definition) is 2. The number of amides is 1. The molecule has 0 aliphatic rings. The molecule has 5 heteroatoms. The number of rotatable bonds is 8. The molecule has 2 N–H and O–H groups in total. The van der Waals surface area contributed by atoms with E-state index >= 15 is 0 Å². The quantitative estimate of drug-likeness (QED) is 0.736. The Kier molecular flexibility index (Phi) is 6.56. The van der Waals surface area contributed by atoms with Gasteiger partial charge in [0.1, 0.15) is 18.2 Å². The van der Waals surface area contributed by atoms with Gasteiger partial charge >= 0.3 is 0 Å². The van der Waals surface area contributed by atoms with E-state index in [1.807, 2.05) is 24.3 Å². The molecule has 0 unspecified atom stereocenters. The van der Waals surface area contributed by atoms with Crippen molar-refractivity contribution < 1.29 is 13.9 Å². The second-order valence-electron chi connectivity index (χ2n) is 5.18. The number of carbonyl (C=O) groups excluding carboxylic acids is 1. The van der Waals surface area contributed by atoms with E-state index in [1.54, 1.807) is 18.2 Å². The molecule has 0 bridgehead atoms. The maximum Gasteiger partial charge on any atom is 0.216 e. The van der Waals surface area contributed by atoms with E-state index < -0.39 is 0 Å². The van der Waals surface area contributed by atoms with Crippen molar-refractivity contribution in [1.29, 1.82) is 0 Å². The molecular weight excluding hydrogens is 295 g/mol. The molecule has 0 aromatic heterocycles. The van der Waals surface area contributed by atoms with Crippen LogP contribution in [0.25, 0.3) is 0 Å². The molecule has 0 heterocycles. The van der Waals surface area contributed by atoms with E-state index in [9.17, 15) is 9.18 Å². The van der Waals surface area contributed by atoms with Gasteiger partial charge in [0, 0.05) is 32.1 Å². The molecule has 0 spiro atoms. The zero-order valence-electron chi connectivity index (χ0n) is 13.1. The Labute approximate surface area is 135 Å². The third-order valence-electron chi connectivity index (χ3n) is 3.28. The predicted molar refractivity (Wildman–Crippen MR) is 87.6 cm³/mol. The minimum Gasteiger partial charge on any atom is -0.489 e. The van der Waals surface area contributed by atoms with E-state index in [0.29, 0.717) is 30.9 Å². The fourth-order valence-electron chi connectivity index (χ4n) is 2.04. The summed E-state index contributed by atoms with van der Waals surface area (Å²) in [5.41, 5.74) is 1.65. The van der Waals surface area contributed by atoms with Crippen molar-refractivity contribution in [3.05, 3.63) is 65.5 Å². The van der Waals surface area contributed by atoms with Crippen molar-refractivity contribution in [1.82, 2.24) is 10.6 Å². The minimum atomic E-state index is -0.257. The average molecular weight is 316 g/mol. The molecular formula is C18H21FN2O2. The van der Waals surface area contributed by atoms with Crippen molar-refractivity contribution in [3.8, 4) is 5.75 Å². The smallest absolute Gasteiger partial charge is 0.216 e. The van der Waals surface area contributed by atoms with Crippen molar-refractivity contribution in [2.45, 2.75) is 20.1 Å². The van der Waals surface area contributed by atoms with Gasteiger partial charge in [0.2, 0.25) is 5.91 Å². The minimum absolute atomic E-state index is 0.0249. The Balaban J connectivity index is 1.74. The van der Waals surface area contributed by atoms with E-state index in [-0.39, 0.29) is 18.3 Å². The van der Waals surface area contributed by atoms with Crippen LogP contribution in [0.4, 0.5) is 4.39 Å². The Bertz CT molecular complexity index is 629. The van der Waals surface area contributed by atoms with Gasteiger partial charge in [-0.15, -0.1) is 0 Å². The topological polar surface area (TPSA) is 50.4 Å². The lowest BCUT2D eigenvalue weighted by Gasteiger charge is -2.09. The number of hydrogen-bond acceptors (Lipinski definition) is 3. The summed E-state index contributed by atoms with van der Waals surface area (Å²) in [6.45, 7) is 3.75. The molecule has 0 aliphatic carbocycles. The van der Waals surface area contributed by atoms with Crippen molar-refractivity contribution in [2.75, 3.05) is 13.1 Å². The monoisotopic (exact) mass is 316 g/mol. The van der Waals surface area contributed by atoms with Crippen molar-refractivity contribution in [3.63, 3.8) is 0 Å². The number of nitrogens with one attached hydrogen (secondary N) is 2. The molecule has 0 saturated carbocycles. The van der Waals surface area contributed by atoms with E-state index in [0.717, 1.165) is 5.56 Å². The number of halogens is 1. The lowest BCUT2D eigenvalue weighted by atomic mass is 10.2. The normalized spacial score (nSPS) is 10.3. The van der Waals surface area contributed by atoms with Gasteiger partial charge in [-0.05, 0) is 23.8 Å². The summed E-state index contributed by atoms with van der Waals surface area (Å²) in [6, 6.07) is 14.2. The molecule has 2 aromatic rings. The maximum atomic E-state index is 13.5. The summed E-state index contributed by atoms with van der Waals surface area (Å²) in [5.74, 6) is 0.422. The van der Waals surface area contributed by atoms with Crippen LogP contribution in [0, 0.1) is 5.82 Å². The zero-order valence-corrected chi connectivity index (χ0v) is 13.1. The summed E-state index contributed by atoms with van der Waals surface area (Å²) in [7, 11) is 0. The predicted octanol–water partition coefficient (Wildman–Crippen LogP) is 2.63. The van der Waals surface area contributed by atoms with Crippen LogP contribution in [0.5, 0.6) is 5.75 Å². The highest BCUT2D eigenvalue weighted by atomic mass is 19.1. The molecule has 0 atom stereocenters. The van der Waals surface area contributed by atoms with Gasteiger partial charge in [-0.1, -0.05) is 30.3 Å². The van der Waals surface area contributed by atoms with E-state index in [1.165, 1.54) is 13.0 Å². The van der Waals surface area contributed by atoms with E-state index in [2.05, 4.69) is 10.6 Å². The van der Waals surface area contributed by atoms with Gasteiger partial charge in [0.15, 0.2) is 0 Å². The summed E-state index contributed by atoms with van der Waals surface area (Å²) < 4.78 is 19.1. The first-order chi connectivity index (χ1) is 11.1. The molecule has 2 aromatic carbocycles. The third-order valence-corrected chi connectivity index (χ3v) is 3.28. The molecule has 0 radical (unpaired) electrons. The van der Waals surface area contributed by atoms with Crippen LogP contribution in [0.1, 0.15) is 18.1 Å². The van der Waals surface area contributed by atoms with Gasteiger partial charge in [0.05, 0.1) is 0 Å². The SMILES string of the molecule is CC(=O)NCCNCc1ccc(OCc2ccccc2F)cc1. The van der Waals surface area contributed by atoms with Gasteiger partial charge in [0.25, 0.3) is 0 Å². The summed E-state index contributed by atoms with van der Waals surface area (Å²) in [6.07, 6.45) is 0. The molecule has 23 heavy (non-hydrogen) atoms. The Hall–Kier alpha value is -2.40. The third kappa shape index (κ3) is 6.08. The van der Waals surface area contributed by atoms with Crippen LogP contribution >= 0.6 is 0 Å². The maximum absolute atomic E-state index is 13.5. The molecule has 0 fully saturated rings. The molecule has 0 saturated heterocycles. The van der Waals surface area contributed by atoms with Gasteiger partial charge in [-0.25, -0.2) is 4.39 Å². The van der Waals surface area contributed by atoms with Gasteiger partial charge in [-0.3, -0.25) is 4.79 Å². The second-order valence-corrected chi connectivity index (χ2v) is 5.18. The Morgan fingerprint density at radius 2 is 1.83 bits per heavy atom. The molecule has 0 aliphatic heterocycles. The lowest BCUT2D eigenvalue weighted by molar-refractivity contribution is -0.118. The van der Waals surface area contributed by atoms with Crippen LogP contribution in [0.2, 0.25) is 0 Å². The van der Waals surface area contributed by atoms with Crippen molar-refractivity contribution in [2.24, 2.45) is 0 Å². The average Bonchev–Trinajstić information content (AvgIpc) is 2.55. The zero-order chi connectivity index (χ0) is 16.5. The highest BCUT2D eigenvalue weighted by Gasteiger charge is 2.02. The molecule has 4 nitrogen and oxygen atoms in total. The van der Waals surface area contributed by atoms with Crippen LogP contribution < -0.4 is 15.4 Å². The van der Waals surface area contributed by atoms with Gasteiger partial charge < -0.3 is 15.4 Å². The first kappa shape index (κ1) is 17.0. The fourth-order valence-corrected chi connectivity index (χ4v) is 2.04. The first-order valence-corrected chi connectivity index (χ1v) is 7.55. The Morgan fingerprint density at radius 3 is 2.52 bits per heavy atom. The standard InChI is InChI=1S/C18H21FN2O2/c1-14(22)21-11-10-20-12-15-6-8-17(9-7-15)23-13-16-4-2-3-5-18(16)19/h2-9,20H,10-13H2,1H3,(H,21,22). The fraction of sp³-hybridized carbons (Fsp3) is 0.278. The number of ether oxygens (including phenoxy) is 1. The van der Waals surface area contributed by atoms with Crippen LogP contribution in [0.3, 0.4) is 0 Å². The molecule has 122 valence electrons. The highest BCUT2D eigenvalue weighted by molar-refractivity contribution is 5.72. The summed E-state index contributed by atoms with van der Waals surface area (Å²) >= 11 is 0. The molecule has 2 rings (SSSR count). The van der Waals surface area contributed by atoms with Crippen LogP contribution in [-0.2, 0) is 17.9 Å². The summed E-state index contributed by atoms with van der Waals surface area (Å²) in [4.78, 5) is 10.7.